The lowest BCUT2D eigenvalue weighted by atomic mass is 9.93. The van der Waals surface area contributed by atoms with Crippen LogP contribution in [0.3, 0.4) is 0 Å². The minimum absolute atomic E-state index is 0.169. The molecule has 4 N–H and O–H groups in total. The van der Waals surface area contributed by atoms with Gasteiger partial charge in [0.1, 0.15) is 0 Å². The van der Waals surface area contributed by atoms with E-state index in [0.29, 0.717) is 6.67 Å². The molecule has 0 spiro atoms. The smallest absolute Gasteiger partial charge is 0.0693 e. The standard InChI is InChI=1S/C7H16N2O/c8-5-9-6-3-1-2-4-7(6)10/h6-7,9-10H,1-5,8H2. The van der Waals surface area contributed by atoms with Gasteiger partial charge in [0.15, 0.2) is 0 Å². The lowest BCUT2D eigenvalue weighted by Gasteiger charge is -2.27. The largest absolute Gasteiger partial charge is 0.392 e. The summed E-state index contributed by atoms with van der Waals surface area (Å²) in [7, 11) is 0. The number of aliphatic hydroxyl groups excluding tert-OH is 1. The quantitative estimate of drug-likeness (QED) is 0.470. The predicted molar refractivity (Wildman–Crippen MR) is 40.5 cm³/mol. The summed E-state index contributed by atoms with van der Waals surface area (Å²) in [5.41, 5.74) is 5.30. The summed E-state index contributed by atoms with van der Waals surface area (Å²) >= 11 is 0. The predicted octanol–water partition coefficient (Wildman–Crippen LogP) is -0.204. The Hall–Kier alpha value is -0.120. The number of rotatable bonds is 2. The highest BCUT2D eigenvalue weighted by Gasteiger charge is 2.21. The zero-order chi connectivity index (χ0) is 7.40. The fraction of sp³-hybridized carbons (Fsp3) is 1.00. The van der Waals surface area contributed by atoms with Gasteiger partial charge >= 0.3 is 0 Å². The molecule has 3 heteroatoms. The van der Waals surface area contributed by atoms with Crippen LogP contribution in [-0.2, 0) is 0 Å². The van der Waals surface area contributed by atoms with E-state index >= 15 is 0 Å². The molecule has 0 radical (unpaired) electrons. The van der Waals surface area contributed by atoms with Gasteiger partial charge in [-0.15, -0.1) is 0 Å². The van der Waals surface area contributed by atoms with Crippen molar-refractivity contribution < 1.29 is 5.11 Å². The molecule has 1 fully saturated rings. The second-order valence-electron chi connectivity index (χ2n) is 2.87. The maximum atomic E-state index is 9.38. The molecule has 0 aliphatic heterocycles. The highest BCUT2D eigenvalue weighted by Crippen LogP contribution is 2.17. The van der Waals surface area contributed by atoms with Gasteiger partial charge in [0.25, 0.3) is 0 Å². The van der Waals surface area contributed by atoms with Crippen LogP contribution in [0.25, 0.3) is 0 Å². The molecule has 1 aliphatic rings. The second kappa shape index (κ2) is 3.91. The number of nitrogens with two attached hydrogens (primary N) is 1. The molecular formula is C7H16N2O. The van der Waals surface area contributed by atoms with Gasteiger partial charge < -0.3 is 10.8 Å². The number of hydrogen-bond acceptors (Lipinski definition) is 3. The molecule has 0 saturated heterocycles. The van der Waals surface area contributed by atoms with E-state index < -0.39 is 0 Å². The molecule has 1 aliphatic carbocycles. The molecule has 0 aromatic rings. The molecule has 0 amide bonds. The molecule has 10 heavy (non-hydrogen) atoms. The Labute approximate surface area is 61.6 Å². The maximum absolute atomic E-state index is 9.38. The van der Waals surface area contributed by atoms with Gasteiger partial charge in [-0.25, -0.2) is 0 Å². The normalized spacial score (nSPS) is 34.2. The van der Waals surface area contributed by atoms with Crippen molar-refractivity contribution in [2.75, 3.05) is 6.67 Å². The van der Waals surface area contributed by atoms with E-state index in [0.717, 1.165) is 19.3 Å². The Kier molecular flexibility index (Phi) is 3.12. The third-order valence-corrected chi connectivity index (χ3v) is 2.11. The summed E-state index contributed by atoms with van der Waals surface area (Å²) in [6.45, 7) is 0.474. The maximum Gasteiger partial charge on any atom is 0.0693 e. The minimum Gasteiger partial charge on any atom is -0.392 e. The van der Waals surface area contributed by atoms with E-state index in [2.05, 4.69) is 5.32 Å². The number of aliphatic hydroxyl groups is 1. The molecule has 2 unspecified atom stereocenters. The van der Waals surface area contributed by atoms with Gasteiger partial charge in [0, 0.05) is 12.7 Å². The minimum atomic E-state index is -0.169. The van der Waals surface area contributed by atoms with E-state index in [1.54, 1.807) is 0 Å². The summed E-state index contributed by atoms with van der Waals surface area (Å²) in [6, 6.07) is 0.249. The summed E-state index contributed by atoms with van der Waals surface area (Å²) in [5.74, 6) is 0. The Morgan fingerprint density at radius 3 is 2.70 bits per heavy atom. The van der Waals surface area contributed by atoms with Gasteiger partial charge in [0.2, 0.25) is 0 Å². The average molecular weight is 144 g/mol. The van der Waals surface area contributed by atoms with E-state index in [4.69, 9.17) is 5.73 Å². The first-order valence-electron chi connectivity index (χ1n) is 3.96. The monoisotopic (exact) mass is 144 g/mol. The van der Waals surface area contributed by atoms with Crippen molar-refractivity contribution in [3.8, 4) is 0 Å². The van der Waals surface area contributed by atoms with Crippen molar-refractivity contribution in [2.45, 2.75) is 37.8 Å². The third-order valence-electron chi connectivity index (χ3n) is 2.11. The number of hydrogen-bond donors (Lipinski definition) is 3. The van der Waals surface area contributed by atoms with E-state index in [-0.39, 0.29) is 12.1 Å². The zero-order valence-corrected chi connectivity index (χ0v) is 6.21. The topological polar surface area (TPSA) is 58.3 Å². The SMILES string of the molecule is NCNC1CCCCC1O. The van der Waals surface area contributed by atoms with Crippen LogP contribution in [0.5, 0.6) is 0 Å². The average Bonchev–Trinajstić information content (AvgIpc) is 1.94. The number of nitrogens with one attached hydrogen (secondary N) is 1. The fourth-order valence-electron chi connectivity index (χ4n) is 1.50. The van der Waals surface area contributed by atoms with Crippen molar-refractivity contribution in [3.05, 3.63) is 0 Å². The summed E-state index contributed by atoms with van der Waals surface area (Å²) in [4.78, 5) is 0. The van der Waals surface area contributed by atoms with Crippen LogP contribution in [-0.4, -0.2) is 23.9 Å². The molecule has 0 bridgehead atoms. The molecule has 1 rings (SSSR count). The Morgan fingerprint density at radius 1 is 1.40 bits per heavy atom. The van der Waals surface area contributed by atoms with Crippen LogP contribution < -0.4 is 11.1 Å². The molecule has 60 valence electrons. The molecule has 2 atom stereocenters. The van der Waals surface area contributed by atoms with Gasteiger partial charge in [-0.2, -0.15) is 0 Å². The summed E-state index contributed by atoms with van der Waals surface area (Å²) in [5, 5.41) is 12.4. The lowest BCUT2D eigenvalue weighted by molar-refractivity contribution is 0.0916. The van der Waals surface area contributed by atoms with Crippen molar-refractivity contribution >= 4 is 0 Å². The van der Waals surface area contributed by atoms with Gasteiger partial charge in [-0.05, 0) is 12.8 Å². The van der Waals surface area contributed by atoms with Gasteiger partial charge in [-0.1, -0.05) is 12.8 Å². The molecule has 1 saturated carbocycles. The Balaban J connectivity index is 2.25. The summed E-state index contributed by atoms with van der Waals surface area (Å²) in [6.07, 6.45) is 4.20. The van der Waals surface area contributed by atoms with Crippen molar-refractivity contribution in [3.63, 3.8) is 0 Å². The van der Waals surface area contributed by atoms with Crippen LogP contribution in [0.4, 0.5) is 0 Å². The van der Waals surface area contributed by atoms with E-state index in [9.17, 15) is 5.11 Å². The van der Waals surface area contributed by atoms with Crippen LogP contribution in [0, 0.1) is 0 Å². The van der Waals surface area contributed by atoms with E-state index in [1.807, 2.05) is 0 Å². The highest BCUT2D eigenvalue weighted by atomic mass is 16.3. The first kappa shape index (κ1) is 7.98. The Bertz CT molecular complexity index is 95.6. The van der Waals surface area contributed by atoms with E-state index in [1.165, 1.54) is 6.42 Å². The van der Waals surface area contributed by atoms with Crippen molar-refractivity contribution in [2.24, 2.45) is 5.73 Å². The van der Waals surface area contributed by atoms with Crippen molar-refractivity contribution in [1.29, 1.82) is 0 Å². The van der Waals surface area contributed by atoms with Crippen molar-refractivity contribution in [1.82, 2.24) is 5.32 Å². The third kappa shape index (κ3) is 1.94. The lowest BCUT2D eigenvalue weighted by Crippen LogP contribution is -2.44. The first-order chi connectivity index (χ1) is 4.84. The molecular weight excluding hydrogens is 128 g/mol. The van der Waals surface area contributed by atoms with Crippen LogP contribution in [0.1, 0.15) is 25.7 Å². The second-order valence-corrected chi connectivity index (χ2v) is 2.87. The molecule has 3 nitrogen and oxygen atoms in total. The zero-order valence-electron chi connectivity index (χ0n) is 6.21. The highest BCUT2D eigenvalue weighted by molar-refractivity contribution is 4.79. The molecule has 0 aromatic carbocycles. The van der Waals surface area contributed by atoms with Crippen LogP contribution >= 0.6 is 0 Å². The van der Waals surface area contributed by atoms with Gasteiger partial charge in [-0.3, -0.25) is 5.32 Å². The van der Waals surface area contributed by atoms with Gasteiger partial charge in [0.05, 0.1) is 6.10 Å². The molecule has 0 heterocycles. The fourth-order valence-corrected chi connectivity index (χ4v) is 1.50. The first-order valence-corrected chi connectivity index (χ1v) is 3.96. The molecule has 0 aromatic heterocycles. The Morgan fingerprint density at radius 2 is 2.10 bits per heavy atom. The summed E-state index contributed by atoms with van der Waals surface area (Å²) < 4.78 is 0. The van der Waals surface area contributed by atoms with Crippen LogP contribution in [0.2, 0.25) is 0 Å². The van der Waals surface area contributed by atoms with Crippen LogP contribution in [0.15, 0.2) is 0 Å².